The maximum atomic E-state index is 13.0. The van der Waals surface area contributed by atoms with Crippen molar-refractivity contribution in [3.8, 4) is 11.3 Å². The summed E-state index contributed by atoms with van der Waals surface area (Å²) in [5, 5.41) is 2.98. The number of nitrogens with zero attached hydrogens (tertiary/aromatic N) is 4. The number of hydrogen-bond donors (Lipinski definition) is 1. The maximum absolute atomic E-state index is 13.0. The van der Waals surface area contributed by atoms with E-state index < -0.39 is 23.6 Å². The minimum atomic E-state index is -0.909. The summed E-state index contributed by atoms with van der Waals surface area (Å²) in [7, 11) is 0. The Balaban J connectivity index is 1.45. The normalized spacial score (nSPS) is 15.1. The summed E-state index contributed by atoms with van der Waals surface area (Å²) in [6.45, 7) is 10.8. The van der Waals surface area contributed by atoms with Crippen LogP contribution in [0.25, 0.3) is 11.3 Å². The smallest absolute Gasteiger partial charge is 0.421 e. The molecular weight excluding hydrogens is 641 g/mol. The third-order valence-electron chi connectivity index (χ3n) is 6.83. The van der Waals surface area contributed by atoms with Gasteiger partial charge in [0.15, 0.2) is 4.34 Å². The first kappa shape index (κ1) is 34.2. The van der Waals surface area contributed by atoms with Gasteiger partial charge in [0.05, 0.1) is 27.5 Å². The number of aromatic nitrogens is 1. The van der Waals surface area contributed by atoms with Crippen LogP contribution in [0.3, 0.4) is 0 Å². The van der Waals surface area contributed by atoms with Crippen LogP contribution in [-0.2, 0) is 20.9 Å². The molecule has 3 aromatic rings. The minimum Gasteiger partial charge on any atom is -0.443 e. The largest absolute Gasteiger partial charge is 0.443 e. The van der Waals surface area contributed by atoms with Gasteiger partial charge in [-0.05, 0) is 70.4 Å². The molecule has 1 atom stereocenters. The molecule has 2 heterocycles. The lowest BCUT2D eigenvalue weighted by molar-refractivity contribution is -0.126. The quantitative estimate of drug-likeness (QED) is 0.248. The second-order valence-electron chi connectivity index (χ2n) is 11.7. The molecule has 2 aromatic carbocycles. The molecule has 1 aromatic heterocycles. The van der Waals surface area contributed by atoms with Crippen LogP contribution in [0.5, 0.6) is 0 Å². The highest BCUT2D eigenvalue weighted by molar-refractivity contribution is 7.99. The highest BCUT2D eigenvalue weighted by Gasteiger charge is 2.31. The Bertz CT molecular complexity index is 1500. The summed E-state index contributed by atoms with van der Waals surface area (Å²) >= 11 is 15.0. The van der Waals surface area contributed by atoms with Crippen molar-refractivity contribution in [3.63, 3.8) is 0 Å². The summed E-state index contributed by atoms with van der Waals surface area (Å²) in [5.41, 5.74) is 7.87. The highest BCUT2D eigenvalue weighted by Crippen LogP contribution is 2.35. The molecule has 1 fully saturated rings. The van der Waals surface area contributed by atoms with Crippen LogP contribution in [0.2, 0.25) is 10.0 Å². The van der Waals surface area contributed by atoms with Gasteiger partial charge >= 0.3 is 6.09 Å². The first-order valence-corrected chi connectivity index (χ1v) is 16.7. The molecule has 0 bridgehead atoms. The second kappa shape index (κ2) is 14.6. The highest BCUT2D eigenvalue weighted by atomic mass is 35.5. The Morgan fingerprint density at radius 2 is 1.84 bits per heavy atom. The third kappa shape index (κ3) is 8.95. The number of nitrogens with two attached hydrogens (primary N) is 1. The lowest BCUT2D eigenvalue weighted by atomic mass is 10.0. The van der Waals surface area contributed by atoms with Gasteiger partial charge in [-0.25, -0.2) is 14.7 Å². The van der Waals surface area contributed by atoms with E-state index in [-0.39, 0.29) is 11.9 Å². The number of anilines is 1. The lowest BCUT2D eigenvalue weighted by Gasteiger charge is -2.37. The van der Waals surface area contributed by atoms with Crippen molar-refractivity contribution < 1.29 is 19.1 Å². The number of amides is 3. The van der Waals surface area contributed by atoms with Gasteiger partial charge in [-0.1, -0.05) is 41.4 Å². The Kier molecular flexibility index (Phi) is 11.4. The molecule has 44 heavy (non-hydrogen) atoms. The van der Waals surface area contributed by atoms with E-state index in [2.05, 4.69) is 4.90 Å². The summed E-state index contributed by atoms with van der Waals surface area (Å²) in [6.07, 6.45) is 0.872. The summed E-state index contributed by atoms with van der Waals surface area (Å²) in [5.74, 6) is -0.606. The number of ether oxygens (including phenoxy) is 1. The molecule has 1 saturated heterocycles. The van der Waals surface area contributed by atoms with Gasteiger partial charge in [0.1, 0.15) is 5.60 Å². The molecule has 236 valence electrons. The van der Waals surface area contributed by atoms with Gasteiger partial charge in [0, 0.05) is 55.5 Å². The van der Waals surface area contributed by atoms with E-state index in [0.29, 0.717) is 27.0 Å². The molecule has 0 aliphatic carbocycles. The molecule has 4 rings (SSSR count). The molecular formula is C31H37Cl2N5O4S2. The Morgan fingerprint density at radius 1 is 1.14 bits per heavy atom. The van der Waals surface area contributed by atoms with E-state index in [1.807, 2.05) is 34.0 Å². The van der Waals surface area contributed by atoms with E-state index in [1.165, 1.54) is 30.2 Å². The number of carbonyl (C=O) groups is 3. The third-order valence-corrected chi connectivity index (χ3v) is 9.72. The van der Waals surface area contributed by atoms with Crippen LogP contribution in [-0.4, -0.2) is 62.9 Å². The van der Waals surface area contributed by atoms with Crippen LogP contribution in [0.15, 0.2) is 52.2 Å². The molecule has 0 radical (unpaired) electrons. The fourth-order valence-corrected chi connectivity index (χ4v) is 6.98. The standard InChI is InChI=1S/C31H37Cl2N5O4S2/c1-19(34)28(40)37(30(41)42-31(3,4)5)24-8-6-7-22(16-24)27-18-43-29(35-27)44-38(20(2)39)23-11-13-36(14-12-23)17-21-9-10-25(32)26(33)15-21/h6-10,15-16,18-19,23H,11-14,17,34H2,1-5H3/t19-/m1/s1. The number of likely N-dealkylation sites (tertiary alicyclic amines) is 1. The first-order chi connectivity index (χ1) is 20.7. The van der Waals surface area contributed by atoms with Gasteiger partial charge < -0.3 is 10.5 Å². The number of halogens is 2. The zero-order valence-electron chi connectivity index (χ0n) is 25.4. The van der Waals surface area contributed by atoms with E-state index in [4.69, 9.17) is 38.7 Å². The van der Waals surface area contributed by atoms with Crippen LogP contribution < -0.4 is 10.6 Å². The Hall–Kier alpha value is -2.67. The Morgan fingerprint density at radius 3 is 2.45 bits per heavy atom. The average molecular weight is 679 g/mol. The molecule has 2 N–H and O–H groups in total. The van der Waals surface area contributed by atoms with Gasteiger partial charge in [0.2, 0.25) is 5.91 Å². The summed E-state index contributed by atoms with van der Waals surface area (Å²) in [6, 6.07) is 11.8. The van der Waals surface area contributed by atoms with Crippen LogP contribution >= 0.6 is 46.5 Å². The van der Waals surface area contributed by atoms with Crippen molar-refractivity contribution in [1.82, 2.24) is 14.2 Å². The van der Waals surface area contributed by atoms with E-state index in [0.717, 1.165) is 47.3 Å². The number of carbonyl (C=O) groups excluding carboxylic acids is 3. The minimum absolute atomic E-state index is 0.0286. The molecule has 0 unspecified atom stereocenters. The average Bonchev–Trinajstić information content (AvgIpc) is 3.42. The molecule has 3 amide bonds. The SMILES string of the molecule is CC(=O)N(Sc1nc(-c2cccc(N(C(=O)OC(C)(C)C)C(=O)[C@@H](C)N)c2)cs1)C1CCN(Cc2ccc(Cl)c(Cl)c2)CC1. The van der Waals surface area contributed by atoms with E-state index >= 15 is 0 Å². The van der Waals surface area contributed by atoms with Crippen molar-refractivity contribution in [2.75, 3.05) is 18.0 Å². The van der Waals surface area contributed by atoms with Gasteiger partial charge in [-0.3, -0.25) is 18.8 Å². The predicted octanol–water partition coefficient (Wildman–Crippen LogP) is 7.25. The number of benzene rings is 2. The van der Waals surface area contributed by atoms with Gasteiger partial charge in [-0.15, -0.1) is 11.3 Å². The monoisotopic (exact) mass is 677 g/mol. The predicted molar refractivity (Wildman–Crippen MR) is 178 cm³/mol. The molecule has 0 saturated carbocycles. The van der Waals surface area contributed by atoms with Crippen LogP contribution in [0.4, 0.5) is 10.5 Å². The molecule has 1 aliphatic rings. The fraction of sp³-hybridized carbons (Fsp3) is 0.419. The zero-order chi connectivity index (χ0) is 32.2. The number of thiazole rings is 1. The maximum Gasteiger partial charge on any atom is 0.421 e. The topological polar surface area (TPSA) is 109 Å². The van der Waals surface area contributed by atoms with Crippen molar-refractivity contribution >= 4 is 70.1 Å². The molecule has 0 spiro atoms. The fourth-order valence-electron chi connectivity index (χ4n) is 4.76. The number of imide groups is 1. The van der Waals surface area contributed by atoms with Crippen LogP contribution in [0, 0.1) is 0 Å². The van der Waals surface area contributed by atoms with Gasteiger partial charge in [0.25, 0.3) is 5.91 Å². The molecule has 1 aliphatic heterocycles. The van der Waals surface area contributed by atoms with Crippen molar-refractivity contribution in [2.45, 2.75) is 76.0 Å². The number of hydrogen-bond acceptors (Lipinski definition) is 9. The van der Waals surface area contributed by atoms with Crippen molar-refractivity contribution in [3.05, 3.63) is 63.5 Å². The summed E-state index contributed by atoms with van der Waals surface area (Å²) < 4.78 is 8.03. The lowest BCUT2D eigenvalue weighted by Crippen LogP contribution is -2.47. The molecule has 9 nitrogen and oxygen atoms in total. The second-order valence-corrected chi connectivity index (χ2v) is 14.6. The number of piperidine rings is 1. The number of rotatable bonds is 8. The van der Waals surface area contributed by atoms with Gasteiger partial charge in [-0.2, -0.15) is 0 Å². The van der Waals surface area contributed by atoms with E-state index in [9.17, 15) is 14.4 Å². The van der Waals surface area contributed by atoms with Crippen molar-refractivity contribution in [2.24, 2.45) is 5.73 Å². The van der Waals surface area contributed by atoms with Crippen LogP contribution in [0.1, 0.15) is 53.0 Å². The van der Waals surface area contributed by atoms with E-state index in [1.54, 1.807) is 45.9 Å². The zero-order valence-corrected chi connectivity index (χ0v) is 28.5. The first-order valence-electron chi connectivity index (χ1n) is 14.2. The Labute approximate surface area is 276 Å². The molecule has 13 heteroatoms. The summed E-state index contributed by atoms with van der Waals surface area (Å²) in [4.78, 5) is 46.7. The van der Waals surface area contributed by atoms with Crippen molar-refractivity contribution in [1.29, 1.82) is 0 Å².